The highest BCUT2D eigenvalue weighted by atomic mass is 16.3. The molecule has 1 aliphatic heterocycles. The molecule has 2 aromatic carbocycles. The van der Waals surface area contributed by atoms with Crippen LogP contribution in [0, 0.1) is 6.92 Å². The molecule has 3 heterocycles. The van der Waals surface area contributed by atoms with Crippen molar-refractivity contribution in [1.29, 1.82) is 0 Å². The van der Waals surface area contributed by atoms with Crippen LogP contribution < -0.4 is 5.32 Å². The first kappa shape index (κ1) is 21.2. The number of para-hydroxylation sites is 1. The van der Waals surface area contributed by atoms with E-state index in [2.05, 4.69) is 5.32 Å². The Morgan fingerprint density at radius 3 is 2.88 bits per heavy atom. The number of aromatic nitrogens is 1. The van der Waals surface area contributed by atoms with Crippen molar-refractivity contribution in [3.05, 3.63) is 77.2 Å². The number of hydrogen-bond acceptors (Lipinski definition) is 5. The smallest absolute Gasteiger partial charge is 0.289 e. The summed E-state index contributed by atoms with van der Waals surface area (Å²) >= 11 is 0. The minimum Gasteiger partial charge on any atom is -0.451 e. The molecule has 0 aliphatic carbocycles. The summed E-state index contributed by atoms with van der Waals surface area (Å²) in [4.78, 5) is 32.4. The number of aliphatic hydroxyl groups excluding tert-OH is 1. The van der Waals surface area contributed by atoms with Crippen molar-refractivity contribution in [2.24, 2.45) is 0 Å². The lowest BCUT2D eigenvalue weighted by molar-refractivity contribution is 0.0761. The van der Waals surface area contributed by atoms with Gasteiger partial charge in [0.15, 0.2) is 5.76 Å². The standard InChI is InChI=1S/C26H25N3O4/c1-16-6-7-23-18(12-16)13-24(33-23)26(32)29-10-8-17(15-29)22-14-20(25(31)27-9-11-30)19-4-2-3-5-21(19)28-22/h2-7,12-14,17,30H,8-11,15H2,1H3,(H,27,31)/t17-/m0/s1. The van der Waals surface area contributed by atoms with Crippen molar-refractivity contribution in [3.8, 4) is 0 Å². The van der Waals surface area contributed by atoms with E-state index in [1.165, 1.54) is 0 Å². The molecule has 33 heavy (non-hydrogen) atoms. The number of pyridine rings is 1. The zero-order valence-electron chi connectivity index (χ0n) is 18.4. The Morgan fingerprint density at radius 1 is 1.18 bits per heavy atom. The van der Waals surface area contributed by atoms with Gasteiger partial charge in [-0.1, -0.05) is 29.8 Å². The number of aryl methyl sites for hydroxylation is 1. The maximum absolute atomic E-state index is 13.1. The lowest BCUT2D eigenvalue weighted by Crippen LogP contribution is -2.28. The SMILES string of the molecule is Cc1ccc2oc(C(=O)N3CC[C@H](c4cc(C(=O)NCCO)c5ccccc5n4)C3)cc2c1. The number of nitrogens with zero attached hydrogens (tertiary/aromatic N) is 2. The van der Waals surface area contributed by atoms with E-state index in [1.54, 1.807) is 11.0 Å². The van der Waals surface area contributed by atoms with E-state index in [-0.39, 0.29) is 30.9 Å². The molecule has 5 rings (SSSR count). The normalized spacial score (nSPS) is 15.9. The second kappa shape index (κ2) is 8.67. The highest BCUT2D eigenvalue weighted by Gasteiger charge is 2.31. The van der Waals surface area contributed by atoms with Crippen LogP contribution in [0.5, 0.6) is 0 Å². The van der Waals surface area contributed by atoms with Crippen molar-refractivity contribution < 1.29 is 19.1 Å². The summed E-state index contributed by atoms with van der Waals surface area (Å²) in [5.74, 6) is -0.0122. The lowest BCUT2D eigenvalue weighted by atomic mass is 9.99. The van der Waals surface area contributed by atoms with Gasteiger partial charge in [0.1, 0.15) is 5.58 Å². The van der Waals surface area contributed by atoms with Crippen LogP contribution >= 0.6 is 0 Å². The minimum atomic E-state index is -0.243. The molecule has 2 N–H and O–H groups in total. The first-order valence-electron chi connectivity index (χ1n) is 11.1. The van der Waals surface area contributed by atoms with Gasteiger partial charge in [-0.25, -0.2) is 0 Å². The number of carbonyl (C=O) groups excluding carboxylic acids is 2. The van der Waals surface area contributed by atoms with E-state index in [0.717, 1.165) is 34.0 Å². The summed E-state index contributed by atoms with van der Waals surface area (Å²) in [6, 6.07) is 17.0. The van der Waals surface area contributed by atoms with Gasteiger partial charge in [0.2, 0.25) is 0 Å². The van der Waals surface area contributed by atoms with Crippen molar-refractivity contribution >= 4 is 33.7 Å². The van der Waals surface area contributed by atoms with Crippen LogP contribution in [-0.4, -0.2) is 53.0 Å². The quantitative estimate of drug-likeness (QED) is 0.491. The van der Waals surface area contributed by atoms with Gasteiger partial charge >= 0.3 is 0 Å². The maximum atomic E-state index is 13.1. The van der Waals surface area contributed by atoms with E-state index in [4.69, 9.17) is 14.5 Å². The summed E-state index contributed by atoms with van der Waals surface area (Å²) in [5.41, 5.74) is 3.88. The van der Waals surface area contributed by atoms with Crippen LogP contribution in [0.25, 0.3) is 21.9 Å². The molecule has 1 saturated heterocycles. The van der Waals surface area contributed by atoms with E-state index in [9.17, 15) is 9.59 Å². The Labute approximate surface area is 191 Å². The molecule has 7 heteroatoms. The summed E-state index contributed by atoms with van der Waals surface area (Å²) < 4.78 is 5.80. The van der Waals surface area contributed by atoms with Gasteiger partial charge in [-0.3, -0.25) is 14.6 Å². The Kier molecular flexibility index (Phi) is 5.56. The minimum absolute atomic E-state index is 0.0228. The number of carbonyl (C=O) groups is 2. The number of hydrogen-bond donors (Lipinski definition) is 2. The fourth-order valence-corrected chi connectivity index (χ4v) is 4.47. The Morgan fingerprint density at radius 2 is 2.03 bits per heavy atom. The van der Waals surface area contributed by atoms with Gasteiger partial charge < -0.3 is 19.7 Å². The average molecular weight is 444 g/mol. The van der Waals surface area contributed by atoms with Crippen LogP contribution in [0.3, 0.4) is 0 Å². The molecule has 2 aromatic heterocycles. The zero-order chi connectivity index (χ0) is 22.9. The van der Waals surface area contributed by atoms with Crippen molar-refractivity contribution in [1.82, 2.24) is 15.2 Å². The summed E-state index contributed by atoms with van der Waals surface area (Å²) in [5, 5.41) is 13.5. The van der Waals surface area contributed by atoms with Gasteiger partial charge in [0, 0.05) is 42.0 Å². The summed E-state index contributed by atoms with van der Waals surface area (Å²) in [7, 11) is 0. The third-order valence-corrected chi connectivity index (χ3v) is 6.15. The molecule has 4 aromatic rings. The van der Waals surface area contributed by atoms with Crippen LogP contribution in [0.4, 0.5) is 0 Å². The molecule has 1 atom stereocenters. The largest absolute Gasteiger partial charge is 0.451 e. The van der Waals surface area contributed by atoms with Gasteiger partial charge in [0.05, 0.1) is 17.7 Å². The molecular weight excluding hydrogens is 418 g/mol. The van der Waals surface area contributed by atoms with E-state index in [0.29, 0.717) is 30.0 Å². The fourth-order valence-electron chi connectivity index (χ4n) is 4.47. The number of fused-ring (bicyclic) bond motifs is 2. The number of amides is 2. The Bertz CT molecular complexity index is 1360. The van der Waals surface area contributed by atoms with E-state index >= 15 is 0 Å². The number of rotatable bonds is 5. The Hall–Kier alpha value is -3.71. The Balaban J connectivity index is 1.40. The van der Waals surface area contributed by atoms with Gasteiger partial charge in [-0.05, 0) is 43.7 Å². The van der Waals surface area contributed by atoms with Crippen molar-refractivity contribution in [2.75, 3.05) is 26.2 Å². The van der Waals surface area contributed by atoms with Crippen molar-refractivity contribution in [2.45, 2.75) is 19.3 Å². The number of nitrogens with one attached hydrogen (secondary N) is 1. The molecule has 0 bridgehead atoms. The molecular formula is C26H25N3O4. The predicted octanol–water partition coefficient (Wildman–Crippen LogP) is 3.64. The summed E-state index contributed by atoms with van der Waals surface area (Å²) in [6.07, 6.45) is 0.758. The molecule has 0 radical (unpaired) electrons. The molecule has 1 fully saturated rings. The fraction of sp³-hybridized carbons (Fsp3) is 0.269. The molecule has 2 amide bonds. The molecule has 1 aliphatic rings. The molecule has 0 spiro atoms. The third kappa shape index (κ3) is 4.07. The first-order chi connectivity index (χ1) is 16.0. The molecule has 168 valence electrons. The number of furan rings is 1. The van der Waals surface area contributed by atoms with Crippen LogP contribution in [0.15, 0.2) is 59.0 Å². The highest BCUT2D eigenvalue weighted by Crippen LogP contribution is 2.31. The van der Waals surface area contributed by atoms with Gasteiger partial charge in [0.25, 0.3) is 11.8 Å². The van der Waals surface area contributed by atoms with Gasteiger partial charge in [-0.2, -0.15) is 0 Å². The van der Waals surface area contributed by atoms with Crippen LogP contribution in [0.1, 0.15) is 44.5 Å². The number of aliphatic hydroxyl groups is 1. The van der Waals surface area contributed by atoms with Crippen LogP contribution in [0.2, 0.25) is 0 Å². The van der Waals surface area contributed by atoms with Gasteiger partial charge in [-0.15, -0.1) is 0 Å². The number of likely N-dealkylation sites (tertiary alicyclic amines) is 1. The topological polar surface area (TPSA) is 95.7 Å². The second-order valence-corrected chi connectivity index (χ2v) is 8.48. The molecule has 7 nitrogen and oxygen atoms in total. The zero-order valence-corrected chi connectivity index (χ0v) is 18.4. The first-order valence-corrected chi connectivity index (χ1v) is 11.1. The third-order valence-electron chi connectivity index (χ3n) is 6.15. The van der Waals surface area contributed by atoms with Crippen molar-refractivity contribution in [3.63, 3.8) is 0 Å². The van der Waals surface area contributed by atoms with E-state index < -0.39 is 0 Å². The molecule has 0 unspecified atom stereocenters. The predicted molar refractivity (Wildman–Crippen MR) is 125 cm³/mol. The maximum Gasteiger partial charge on any atom is 0.289 e. The average Bonchev–Trinajstić information content (AvgIpc) is 3.48. The lowest BCUT2D eigenvalue weighted by Gasteiger charge is -2.16. The second-order valence-electron chi connectivity index (χ2n) is 8.48. The van der Waals surface area contributed by atoms with E-state index in [1.807, 2.05) is 55.5 Å². The highest BCUT2D eigenvalue weighted by molar-refractivity contribution is 6.06. The van der Waals surface area contributed by atoms with Crippen LogP contribution in [-0.2, 0) is 0 Å². The monoisotopic (exact) mass is 443 g/mol. The number of benzene rings is 2. The molecule has 0 saturated carbocycles. The summed E-state index contributed by atoms with van der Waals surface area (Å²) in [6.45, 7) is 3.18.